The molecule has 0 saturated carbocycles. The van der Waals surface area contributed by atoms with Crippen molar-refractivity contribution in [3.63, 3.8) is 0 Å². The second-order valence-electron chi connectivity index (χ2n) is 2.26. The first-order valence-electron chi connectivity index (χ1n) is 3.34. The first-order chi connectivity index (χ1) is 5.27. The number of hydrogen-bond donors (Lipinski definition) is 2. The normalized spacial score (nSPS) is 13.4. The molecule has 1 aromatic rings. The standard InChI is InChI=1S/C7H10BrNS2/c8-7-2-1-6(11-7)5(3-9)4-10/h1-2,5,10H,3-4,9H2. The molecule has 1 rings (SSSR count). The molecule has 1 aromatic heterocycles. The molecule has 0 fully saturated rings. The summed E-state index contributed by atoms with van der Waals surface area (Å²) < 4.78 is 1.16. The summed E-state index contributed by atoms with van der Waals surface area (Å²) in [6.45, 7) is 0.677. The highest BCUT2D eigenvalue weighted by Crippen LogP contribution is 2.28. The summed E-state index contributed by atoms with van der Waals surface area (Å²) in [5.41, 5.74) is 5.57. The minimum absolute atomic E-state index is 0.412. The highest BCUT2D eigenvalue weighted by molar-refractivity contribution is 9.11. The largest absolute Gasteiger partial charge is 0.330 e. The molecule has 0 saturated heterocycles. The van der Waals surface area contributed by atoms with Crippen molar-refractivity contribution < 1.29 is 0 Å². The van der Waals surface area contributed by atoms with Crippen molar-refractivity contribution >= 4 is 39.9 Å². The zero-order valence-electron chi connectivity index (χ0n) is 5.96. The van der Waals surface area contributed by atoms with Gasteiger partial charge in [-0.25, -0.2) is 0 Å². The smallest absolute Gasteiger partial charge is 0.0701 e. The summed E-state index contributed by atoms with van der Waals surface area (Å²) in [5, 5.41) is 0. The Morgan fingerprint density at radius 3 is 2.73 bits per heavy atom. The minimum atomic E-state index is 0.412. The third kappa shape index (κ3) is 2.47. The van der Waals surface area contributed by atoms with Gasteiger partial charge in [-0.2, -0.15) is 12.6 Å². The van der Waals surface area contributed by atoms with Crippen LogP contribution in [-0.4, -0.2) is 12.3 Å². The van der Waals surface area contributed by atoms with Crippen LogP contribution in [0.15, 0.2) is 15.9 Å². The summed E-state index contributed by atoms with van der Waals surface area (Å²) in [7, 11) is 0. The Kier molecular flexibility index (Phi) is 3.92. The number of hydrogen-bond acceptors (Lipinski definition) is 3. The Hall–Kier alpha value is 0.490. The molecule has 2 N–H and O–H groups in total. The van der Waals surface area contributed by atoms with Gasteiger partial charge in [-0.05, 0) is 33.8 Å². The van der Waals surface area contributed by atoms with E-state index in [0.29, 0.717) is 12.5 Å². The molecule has 0 aliphatic rings. The first-order valence-corrected chi connectivity index (χ1v) is 5.58. The van der Waals surface area contributed by atoms with Crippen LogP contribution in [0.4, 0.5) is 0 Å². The van der Waals surface area contributed by atoms with Gasteiger partial charge in [0.05, 0.1) is 3.79 Å². The lowest BCUT2D eigenvalue weighted by Gasteiger charge is -2.07. The predicted octanol–water partition coefficient (Wildman–Crippen LogP) is 2.48. The van der Waals surface area contributed by atoms with Crippen LogP contribution in [0.2, 0.25) is 0 Å². The second kappa shape index (κ2) is 4.50. The van der Waals surface area contributed by atoms with Crippen molar-refractivity contribution in [3.05, 3.63) is 20.8 Å². The number of thiophene rings is 1. The van der Waals surface area contributed by atoms with Crippen LogP contribution in [0.3, 0.4) is 0 Å². The fraction of sp³-hybridized carbons (Fsp3) is 0.429. The van der Waals surface area contributed by atoms with Crippen molar-refractivity contribution in [2.24, 2.45) is 5.73 Å². The summed E-state index contributed by atoms with van der Waals surface area (Å²) in [4.78, 5) is 1.31. The summed E-state index contributed by atoms with van der Waals surface area (Å²) in [6.07, 6.45) is 0. The van der Waals surface area contributed by atoms with E-state index in [0.717, 1.165) is 9.54 Å². The third-order valence-corrected chi connectivity index (χ3v) is 3.73. The maximum absolute atomic E-state index is 5.57. The van der Waals surface area contributed by atoms with Gasteiger partial charge in [0.25, 0.3) is 0 Å². The number of nitrogens with two attached hydrogens (primary N) is 1. The fourth-order valence-electron chi connectivity index (χ4n) is 0.828. The minimum Gasteiger partial charge on any atom is -0.330 e. The molecule has 0 spiro atoms. The van der Waals surface area contributed by atoms with Crippen LogP contribution in [0, 0.1) is 0 Å². The SMILES string of the molecule is NCC(CS)c1ccc(Br)s1. The third-order valence-electron chi connectivity index (χ3n) is 1.50. The molecule has 1 heterocycles. The Morgan fingerprint density at radius 1 is 1.64 bits per heavy atom. The number of halogens is 1. The van der Waals surface area contributed by atoms with E-state index in [4.69, 9.17) is 5.73 Å². The maximum atomic E-state index is 5.57. The van der Waals surface area contributed by atoms with E-state index in [1.54, 1.807) is 11.3 Å². The Morgan fingerprint density at radius 2 is 2.36 bits per heavy atom. The summed E-state index contributed by atoms with van der Waals surface area (Å²) >= 11 is 9.37. The van der Waals surface area contributed by atoms with Gasteiger partial charge in [-0.15, -0.1) is 11.3 Å². The average molecular weight is 252 g/mol. The van der Waals surface area contributed by atoms with Gasteiger partial charge in [-0.1, -0.05) is 0 Å². The van der Waals surface area contributed by atoms with E-state index >= 15 is 0 Å². The predicted molar refractivity (Wildman–Crippen MR) is 57.7 cm³/mol. The van der Waals surface area contributed by atoms with Crippen LogP contribution >= 0.6 is 39.9 Å². The molecule has 1 nitrogen and oxygen atoms in total. The van der Waals surface area contributed by atoms with Gasteiger partial charge in [0.2, 0.25) is 0 Å². The summed E-state index contributed by atoms with van der Waals surface area (Å²) in [6, 6.07) is 4.15. The van der Waals surface area contributed by atoms with Gasteiger partial charge >= 0.3 is 0 Å². The molecule has 0 amide bonds. The van der Waals surface area contributed by atoms with Gasteiger partial charge in [0, 0.05) is 17.3 Å². The summed E-state index contributed by atoms with van der Waals surface area (Å²) in [5.74, 6) is 1.23. The molecular weight excluding hydrogens is 242 g/mol. The molecule has 0 aliphatic heterocycles. The van der Waals surface area contributed by atoms with Crippen LogP contribution in [0.25, 0.3) is 0 Å². The zero-order valence-corrected chi connectivity index (χ0v) is 9.25. The van der Waals surface area contributed by atoms with Crippen molar-refractivity contribution in [2.45, 2.75) is 5.92 Å². The average Bonchev–Trinajstić information content (AvgIpc) is 2.39. The monoisotopic (exact) mass is 251 g/mol. The van der Waals surface area contributed by atoms with E-state index < -0.39 is 0 Å². The molecule has 1 unspecified atom stereocenters. The van der Waals surface area contributed by atoms with Crippen molar-refractivity contribution in [3.8, 4) is 0 Å². The first kappa shape index (κ1) is 9.58. The van der Waals surface area contributed by atoms with Crippen molar-refractivity contribution in [1.82, 2.24) is 0 Å². The number of rotatable bonds is 3. The maximum Gasteiger partial charge on any atom is 0.0701 e. The molecule has 1 atom stereocenters. The highest BCUT2D eigenvalue weighted by atomic mass is 79.9. The lowest BCUT2D eigenvalue weighted by Crippen LogP contribution is -2.12. The highest BCUT2D eigenvalue weighted by Gasteiger charge is 2.09. The molecule has 11 heavy (non-hydrogen) atoms. The lowest BCUT2D eigenvalue weighted by atomic mass is 10.1. The lowest BCUT2D eigenvalue weighted by molar-refractivity contribution is 0.803. The van der Waals surface area contributed by atoms with E-state index in [2.05, 4.69) is 34.6 Å². The quantitative estimate of drug-likeness (QED) is 0.794. The van der Waals surface area contributed by atoms with E-state index in [-0.39, 0.29) is 0 Å². The van der Waals surface area contributed by atoms with Gasteiger partial charge in [0.15, 0.2) is 0 Å². The van der Waals surface area contributed by atoms with E-state index in [1.165, 1.54) is 4.88 Å². The van der Waals surface area contributed by atoms with E-state index in [9.17, 15) is 0 Å². The molecule has 0 bridgehead atoms. The molecule has 4 heteroatoms. The van der Waals surface area contributed by atoms with Crippen molar-refractivity contribution in [1.29, 1.82) is 0 Å². The second-order valence-corrected chi connectivity index (χ2v) is 5.12. The molecule has 0 radical (unpaired) electrons. The number of thiol groups is 1. The van der Waals surface area contributed by atoms with Crippen LogP contribution in [0.1, 0.15) is 10.8 Å². The van der Waals surface area contributed by atoms with Gasteiger partial charge in [0.1, 0.15) is 0 Å². The zero-order chi connectivity index (χ0) is 8.27. The Bertz CT molecular complexity index is 220. The molecular formula is C7H10BrNS2. The Labute approximate surface area is 84.5 Å². The van der Waals surface area contributed by atoms with Gasteiger partial charge in [-0.3, -0.25) is 0 Å². The topological polar surface area (TPSA) is 26.0 Å². The molecule has 0 aliphatic carbocycles. The Balaban J connectivity index is 2.73. The van der Waals surface area contributed by atoms with Crippen LogP contribution < -0.4 is 5.73 Å². The van der Waals surface area contributed by atoms with Crippen LogP contribution in [0.5, 0.6) is 0 Å². The van der Waals surface area contributed by atoms with E-state index in [1.807, 2.05) is 6.07 Å². The molecule has 62 valence electrons. The van der Waals surface area contributed by atoms with Crippen LogP contribution in [-0.2, 0) is 0 Å². The fourth-order valence-corrected chi connectivity index (χ4v) is 2.83. The van der Waals surface area contributed by atoms with Crippen molar-refractivity contribution in [2.75, 3.05) is 12.3 Å². The molecule has 0 aromatic carbocycles. The van der Waals surface area contributed by atoms with Gasteiger partial charge < -0.3 is 5.73 Å².